The molecule has 0 saturated carbocycles. The van der Waals surface area contributed by atoms with E-state index in [-0.39, 0.29) is 31.0 Å². The number of nitrogens with zero attached hydrogens (tertiary/aromatic N) is 2. The maximum Gasteiger partial charge on any atom is 0.407 e. The average Bonchev–Trinajstić information content (AvgIpc) is 2.92. The van der Waals surface area contributed by atoms with Crippen LogP contribution in [0.2, 0.25) is 0 Å². The highest BCUT2D eigenvalue weighted by atomic mass is 35.5. The third kappa shape index (κ3) is 4.21. The zero-order valence-electron chi connectivity index (χ0n) is 14.7. The molecule has 0 aliphatic carbocycles. The predicted octanol–water partition coefficient (Wildman–Crippen LogP) is 1.24. The van der Waals surface area contributed by atoms with E-state index in [1.807, 2.05) is 0 Å². The Balaban J connectivity index is 1.50. The molecule has 8 nitrogen and oxygen atoms in total. The number of hydrogen-bond donors (Lipinski definition) is 1. The Morgan fingerprint density at radius 3 is 2.26 bits per heavy atom. The highest BCUT2D eigenvalue weighted by Crippen LogP contribution is 2.22. The van der Waals surface area contributed by atoms with Gasteiger partial charge in [0.25, 0.3) is 11.8 Å². The van der Waals surface area contributed by atoms with E-state index in [9.17, 15) is 19.2 Å². The van der Waals surface area contributed by atoms with Crippen LogP contribution < -0.4 is 5.32 Å². The third-order valence-electron chi connectivity index (χ3n) is 4.65. The van der Waals surface area contributed by atoms with Crippen molar-refractivity contribution in [3.63, 3.8) is 0 Å². The van der Waals surface area contributed by atoms with E-state index < -0.39 is 17.9 Å². The van der Waals surface area contributed by atoms with Gasteiger partial charge in [-0.2, -0.15) is 0 Å². The summed E-state index contributed by atoms with van der Waals surface area (Å²) in [6.07, 6.45) is 0.625. The minimum Gasteiger partial charge on any atom is -0.448 e. The van der Waals surface area contributed by atoms with Crippen molar-refractivity contribution in [2.45, 2.75) is 18.9 Å². The number of alkyl carbamates (subject to hydrolysis) is 1. The molecule has 0 unspecified atom stereocenters. The lowest BCUT2D eigenvalue weighted by atomic mass is 10.1. The summed E-state index contributed by atoms with van der Waals surface area (Å²) in [7, 11) is 0. The van der Waals surface area contributed by atoms with Crippen LogP contribution in [0, 0.1) is 0 Å². The maximum absolute atomic E-state index is 12.5. The average molecular weight is 394 g/mol. The number of fused-ring (bicyclic) bond motifs is 1. The van der Waals surface area contributed by atoms with Crippen LogP contribution in [0.3, 0.4) is 0 Å². The van der Waals surface area contributed by atoms with E-state index in [2.05, 4.69) is 5.32 Å². The Hall–Kier alpha value is -2.61. The summed E-state index contributed by atoms with van der Waals surface area (Å²) in [4.78, 5) is 51.3. The van der Waals surface area contributed by atoms with Crippen molar-refractivity contribution in [2.75, 3.05) is 32.1 Å². The van der Waals surface area contributed by atoms with Gasteiger partial charge in [-0.3, -0.25) is 19.3 Å². The van der Waals surface area contributed by atoms with E-state index in [1.54, 1.807) is 29.2 Å². The van der Waals surface area contributed by atoms with Gasteiger partial charge < -0.3 is 15.0 Å². The molecule has 1 N–H and O–H groups in total. The van der Waals surface area contributed by atoms with E-state index in [0.29, 0.717) is 37.1 Å². The molecule has 3 rings (SSSR count). The third-order valence-corrected chi connectivity index (χ3v) is 4.81. The predicted molar refractivity (Wildman–Crippen MR) is 96.6 cm³/mol. The summed E-state index contributed by atoms with van der Waals surface area (Å²) >= 11 is 5.46. The molecule has 4 amide bonds. The summed E-state index contributed by atoms with van der Waals surface area (Å²) in [6, 6.07) is 6.45. The summed E-state index contributed by atoms with van der Waals surface area (Å²) in [5, 5.41) is 2.74. The normalized spacial score (nSPS) is 17.1. The number of carbonyl (C=O) groups excluding carboxylic acids is 4. The van der Waals surface area contributed by atoms with Gasteiger partial charge in [0.1, 0.15) is 13.2 Å². The zero-order chi connectivity index (χ0) is 19.4. The standard InChI is InChI=1S/C18H20ClN3O5/c19-7-10-27-18(26)20-12-5-8-21(9-6-12)15(23)11-22-16(24)13-3-1-2-4-14(13)17(22)25/h1-4,12H,5-11H2,(H,20,26). The molecule has 1 saturated heterocycles. The molecule has 0 spiro atoms. The Kier molecular flexibility index (Phi) is 5.95. The quantitative estimate of drug-likeness (QED) is 0.599. The fraction of sp³-hybridized carbons (Fsp3) is 0.444. The fourth-order valence-corrected chi connectivity index (χ4v) is 3.31. The summed E-state index contributed by atoms with van der Waals surface area (Å²) in [5.41, 5.74) is 0.655. The lowest BCUT2D eigenvalue weighted by Crippen LogP contribution is -2.49. The van der Waals surface area contributed by atoms with Gasteiger partial charge in [0.15, 0.2) is 0 Å². The summed E-state index contributed by atoms with van der Waals surface area (Å²) < 4.78 is 4.87. The number of halogens is 1. The molecule has 2 aliphatic heterocycles. The Bertz CT molecular complexity index is 726. The lowest BCUT2D eigenvalue weighted by molar-refractivity contribution is -0.132. The van der Waals surface area contributed by atoms with Gasteiger partial charge in [-0.15, -0.1) is 11.6 Å². The van der Waals surface area contributed by atoms with Crippen LogP contribution in [-0.2, 0) is 9.53 Å². The van der Waals surface area contributed by atoms with Crippen molar-refractivity contribution in [1.29, 1.82) is 0 Å². The van der Waals surface area contributed by atoms with Crippen LogP contribution in [0.4, 0.5) is 4.79 Å². The van der Waals surface area contributed by atoms with E-state index >= 15 is 0 Å². The molecule has 2 aliphatic rings. The van der Waals surface area contributed by atoms with Gasteiger partial charge in [0.2, 0.25) is 5.91 Å². The molecule has 0 bridgehead atoms. The van der Waals surface area contributed by atoms with E-state index in [4.69, 9.17) is 16.3 Å². The van der Waals surface area contributed by atoms with Crippen molar-refractivity contribution < 1.29 is 23.9 Å². The van der Waals surface area contributed by atoms with Crippen molar-refractivity contribution in [1.82, 2.24) is 15.1 Å². The minimum atomic E-state index is -0.522. The van der Waals surface area contributed by atoms with Gasteiger partial charge in [-0.1, -0.05) is 12.1 Å². The number of hydrogen-bond acceptors (Lipinski definition) is 5. The lowest BCUT2D eigenvalue weighted by Gasteiger charge is -2.32. The second-order valence-electron chi connectivity index (χ2n) is 6.37. The molecular weight excluding hydrogens is 374 g/mol. The molecule has 27 heavy (non-hydrogen) atoms. The monoisotopic (exact) mass is 393 g/mol. The number of rotatable bonds is 5. The van der Waals surface area contributed by atoms with Gasteiger partial charge in [-0.25, -0.2) is 4.79 Å². The number of imide groups is 1. The smallest absolute Gasteiger partial charge is 0.407 e. The molecule has 9 heteroatoms. The van der Waals surface area contributed by atoms with Gasteiger partial charge in [0.05, 0.1) is 17.0 Å². The first kappa shape index (κ1) is 19.2. The molecule has 1 aromatic carbocycles. The van der Waals surface area contributed by atoms with Crippen LogP contribution >= 0.6 is 11.6 Å². The van der Waals surface area contributed by atoms with Crippen molar-refractivity contribution >= 4 is 35.4 Å². The Morgan fingerprint density at radius 1 is 1.11 bits per heavy atom. The van der Waals surface area contributed by atoms with Crippen LogP contribution in [0.5, 0.6) is 0 Å². The van der Waals surface area contributed by atoms with Crippen LogP contribution in [-0.4, -0.2) is 71.8 Å². The van der Waals surface area contributed by atoms with E-state index in [1.165, 1.54) is 0 Å². The van der Waals surface area contributed by atoms with Gasteiger partial charge in [-0.05, 0) is 25.0 Å². The van der Waals surface area contributed by atoms with E-state index in [0.717, 1.165) is 4.90 Å². The Morgan fingerprint density at radius 2 is 1.70 bits per heavy atom. The Labute approximate surface area is 161 Å². The topological polar surface area (TPSA) is 96.0 Å². The number of alkyl halides is 1. The molecule has 1 fully saturated rings. The SMILES string of the molecule is O=C(NC1CCN(C(=O)CN2C(=O)c3ccccc3C2=O)CC1)OCCCl. The highest BCUT2D eigenvalue weighted by molar-refractivity contribution is 6.22. The number of nitrogens with one attached hydrogen (secondary N) is 1. The first-order valence-corrected chi connectivity index (χ1v) is 9.27. The molecule has 144 valence electrons. The summed E-state index contributed by atoms with van der Waals surface area (Å²) in [5.74, 6) is -0.934. The second-order valence-corrected chi connectivity index (χ2v) is 6.74. The summed E-state index contributed by atoms with van der Waals surface area (Å²) in [6.45, 7) is 0.734. The molecule has 1 aromatic rings. The number of carbonyl (C=O) groups is 4. The second kappa shape index (κ2) is 8.39. The first-order valence-electron chi connectivity index (χ1n) is 8.73. The van der Waals surface area contributed by atoms with Gasteiger partial charge >= 0.3 is 6.09 Å². The maximum atomic E-state index is 12.5. The van der Waals surface area contributed by atoms with Crippen molar-refractivity contribution in [3.8, 4) is 0 Å². The zero-order valence-corrected chi connectivity index (χ0v) is 15.4. The number of likely N-dealkylation sites (tertiary alicyclic amines) is 1. The molecule has 2 heterocycles. The minimum absolute atomic E-state index is 0.0869. The molecule has 0 atom stereocenters. The number of amides is 4. The molecule has 0 radical (unpaired) electrons. The number of piperidine rings is 1. The molecular formula is C18H20ClN3O5. The fourth-order valence-electron chi connectivity index (χ4n) is 3.23. The highest BCUT2D eigenvalue weighted by Gasteiger charge is 2.37. The first-order chi connectivity index (χ1) is 13.0. The number of ether oxygens (including phenoxy) is 1. The van der Waals surface area contributed by atoms with Gasteiger partial charge in [0, 0.05) is 19.1 Å². The number of benzene rings is 1. The van der Waals surface area contributed by atoms with Crippen molar-refractivity contribution in [2.24, 2.45) is 0 Å². The van der Waals surface area contributed by atoms with Crippen LogP contribution in [0.25, 0.3) is 0 Å². The van der Waals surface area contributed by atoms with Crippen LogP contribution in [0.15, 0.2) is 24.3 Å². The molecule has 0 aromatic heterocycles. The van der Waals surface area contributed by atoms with Crippen molar-refractivity contribution in [3.05, 3.63) is 35.4 Å². The van der Waals surface area contributed by atoms with Crippen LogP contribution in [0.1, 0.15) is 33.6 Å². The largest absolute Gasteiger partial charge is 0.448 e.